The molecule has 0 spiro atoms. The Labute approximate surface area is 95.6 Å². The number of rotatable bonds is 2. The summed E-state index contributed by atoms with van der Waals surface area (Å²) < 4.78 is 5.67. The van der Waals surface area contributed by atoms with Crippen LogP contribution in [0.2, 0.25) is 0 Å². The van der Waals surface area contributed by atoms with E-state index in [0.29, 0.717) is 6.54 Å². The van der Waals surface area contributed by atoms with Crippen molar-refractivity contribution in [1.82, 2.24) is 9.97 Å². The predicted octanol–water partition coefficient (Wildman–Crippen LogP) is 0.549. The maximum absolute atomic E-state index is 5.67. The van der Waals surface area contributed by atoms with Crippen molar-refractivity contribution in [3.63, 3.8) is 0 Å². The molecule has 2 unspecified atom stereocenters. The standard InChI is InChI=1S/C11H18N4O/c1-8-6-15(7-9(2)16-8)11-13-4-10(3-12)5-14-11/h4-5,8-9H,3,6-7,12H2,1-2H3. The highest BCUT2D eigenvalue weighted by atomic mass is 16.5. The quantitative estimate of drug-likeness (QED) is 0.791. The molecule has 1 saturated heterocycles. The molecule has 1 aromatic rings. The molecule has 1 aliphatic heterocycles. The number of hydrogen-bond acceptors (Lipinski definition) is 5. The number of nitrogens with zero attached hydrogens (tertiary/aromatic N) is 3. The number of aromatic nitrogens is 2. The number of nitrogens with two attached hydrogens (primary N) is 1. The topological polar surface area (TPSA) is 64.3 Å². The van der Waals surface area contributed by atoms with Gasteiger partial charge in [-0.1, -0.05) is 0 Å². The zero-order valence-corrected chi connectivity index (χ0v) is 9.76. The first-order valence-electron chi connectivity index (χ1n) is 5.60. The lowest BCUT2D eigenvalue weighted by atomic mass is 10.2. The monoisotopic (exact) mass is 222 g/mol. The van der Waals surface area contributed by atoms with Crippen LogP contribution in [0, 0.1) is 0 Å². The fourth-order valence-corrected chi connectivity index (χ4v) is 1.96. The highest BCUT2D eigenvalue weighted by molar-refractivity contribution is 5.31. The van der Waals surface area contributed by atoms with Crippen molar-refractivity contribution in [3.8, 4) is 0 Å². The fraction of sp³-hybridized carbons (Fsp3) is 0.636. The molecule has 2 atom stereocenters. The summed E-state index contributed by atoms with van der Waals surface area (Å²) in [6, 6.07) is 0. The van der Waals surface area contributed by atoms with Crippen molar-refractivity contribution in [2.75, 3.05) is 18.0 Å². The highest BCUT2D eigenvalue weighted by Crippen LogP contribution is 2.15. The zero-order chi connectivity index (χ0) is 11.5. The first-order chi connectivity index (χ1) is 7.69. The Morgan fingerprint density at radius 3 is 2.38 bits per heavy atom. The van der Waals surface area contributed by atoms with Gasteiger partial charge in [-0.05, 0) is 13.8 Å². The molecule has 2 rings (SSSR count). The van der Waals surface area contributed by atoms with E-state index in [1.54, 1.807) is 12.4 Å². The Hall–Kier alpha value is -1.20. The van der Waals surface area contributed by atoms with Crippen LogP contribution in [0.15, 0.2) is 12.4 Å². The summed E-state index contributed by atoms with van der Waals surface area (Å²) in [5.41, 5.74) is 6.47. The smallest absolute Gasteiger partial charge is 0.225 e. The lowest BCUT2D eigenvalue weighted by molar-refractivity contribution is -0.00572. The lowest BCUT2D eigenvalue weighted by Gasteiger charge is -2.35. The van der Waals surface area contributed by atoms with Crippen LogP contribution in [0.5, 0.6) is 0 Å². The molecule has 5 heteroatoms. The van der Waals surface area contributed by atoms with Crippen molar-refractivity contribution in [3.05, 3.63) is 18.0 Å². The molecule has 0 saturated carbocycles. The van der Waals surface area contributed by atoms with Crippen molar-refractivity contribution in [2.45, 2.75) is 32.6 Å². The Balaban J connectivity index is 2.10. The predicted molar refractivity (Wildman–Crippen MR) is 62.1 cm³/mol. The van der Waals surface area contributed by atoms with Gasteiger partial charge in [-0.25, -0.2) is 9.97 Å². The van der Waals surface area contributed by atoms with Crippen LogP contribution >= 0.6 is 0 Å². The van der Waals surface area contributed by atoms with Crippen LogP contribution in [0.3, 0.4) is 0 Å². The summed E-state index contributed by atoms with van der Waals surface area (Å²) in [7, 11) is 0. The number of morpholine rings is 1. The van der Waals surface area contributed by atoms with Gasteiger partial charge in [0.15, 0.2) is 0 Å². The molecule has 88 valence electrons. The zero-order valence-electron chi connectivity index (χ0n) is 9.76. The highest BCUT2D eigenvalue weighted by Gasteiger charge is 2.23. The Kier molecular flexibility index (Phi) is 3.36. The van der Waals surface area contributed by atoms with Gasteiger partial charge in [-0.2, -0.15) is 0 Å². The second kappa shape index (κ2) is 4.76. The van der Waals surface area contributed by atoms with Gasteiger partial charge in [0.1, 0.15) is 0 Å². The minimum Gasteiger partial charge on any atom is -0.372 e. The molecule has 0 amide bonds. The normalized spacial score (nSPS) is 25.8. The molecule has 0 bridgehead atoms. The molecule has 0 aliphatic carbocycles. The van der Waals surface area contributed by atoms with Crippen LogP contribution in [-0.2, 0) is 11.3 Å². The van der Waals surface area contributed by atoms with E-state index in [-0.39, 0.29) is 12.2 Å². The summed E-state index contributed by atoms with van der Waals surface area (Å²) in [4.78, 5) is 10.8. The lowest BCUT2D eigenvalue weighted by Crippen LogP contribution is -2.46. The van der Waals surface area contributed by atoms with E-state index in [4.69, 9.17) is 10.5 Å². The molecule has 1 aromatic heterocycles. The van der Waals surface area contributed by atoms with Gasteiger partial charge < -0.3 is 15.4 Å². The molecule has 0 aromatic carbocycles. The Bertz CT molecular complexity index is 330. The van der Waals surface area contributed by atoms with E-state index >= 15 is 0 Å². The van der Waals surface area contributed by atoms with Crippen LogP contribution in [-0.4, -0.2) is 35.3 Å². The van der Waals surface area contributed by atoms with Crippen molar-refractivity contribution >= 4 is 5.95 Å². The summed E-state index contributed by atoms with van der Waals surface area (Å²) in [6.07, 6.45) is 4.02. The first-order valence-corrected chi connectivity index (χ1v) is 5.60. The van der Waals surface area contributed by atoms with Gasteiger partial charge in [-0.15, -0.1) is 0 Å². The molecule has 16 heavy (non-hydrogen) atoms. The van der Waals surface area contributed by atoms with Crippen molar-refractivity contribution < 1.29 is 4.74 Å². The molecule has 2 heterocycles. The average molecular weight is 222 g/mol. The molecule has 0 radical (unpaired) electrons. The van der Waals surface area contributed by atoms with Crippen LogP contribution < -0.4 is 10.6 Å². The van der Waals surface area contributed by atoms with Gasteiger partial charge >= 0.3 is 0 Å². The summed E-state index contributed by atoms with van der Waals surface area (Å²) in [6.45, 7) is 6.29. The minimum atomic E-state index is 0.224. The van der Waals surface area contributed by atoms with E-state index in [2.05, 4.69) is 28.7 Å². The molecular weight excluding hydrogens is 204 g/mol. The second-order valence-electron chi connectivity index (χ2n) is 4.26. The van der Waals surface area contributed by atoms with Crippen LogP contribution in [0.4, 0.5) is 5.95 Å². The van der Waals surface area contributed by atoms with E-state index < -0.39 is 0 Å². The third-order valence-electron chi connectivity index (χ3n) is 2.63. The second-order valence-corrected chi connectivity index (χ2v) is 4.26. The van der Waals surface area contributed by atoms with Gasteiger partial charge in [0.05, 0.1) is 12.2 Å². The molecule has 1 aliphatic rings. The summed E-state index contributed by atoms with van der Waals surface area (Å²) in [5, 5.41) is 0. The maximum Gasteiger partial charge on any atom is 0.225 e. The van der Waals surface area contributed by atoms with E-state index in [0.717, 1.165) is 24.6 Å². The fourth-order valence-electron chi connectivity index (χ4n) is 1.96. The molecule has 5 nitrogen and oxygen atoms in total. The third kappa shape index (κ3) is 2.48. The third-order valence-corrected chi connectivity index (χ3v) is 2.63. The molecule has 2 N–H and O–H groups in total. The van der Waals surface area contributed by atoms with Crippen LogP contribution in [0.25, 0.3) is 0 Å². The average Bonchev–Trinajstić information content (AvgIpc) is 2.28. The number of ether oxygens (including phenoxy) is 1. The largest absolute Gasteiger partial charge is 0.372 e. The van der Waals surface area contributed by atoms with Crippen molar-refractivity contribution in [1.29, 1.82) is 0 Å². The Morgan fingerprint density at radius 2 is 1.88 bits per heavy atom. The van der Waals surface area contributed by atoms with E-state index in [1.807, 2.05) is 0 Å². The SMILES string of the molecule is CC1CN(c2ncc(CN)cn2)CC(C)O1. The van der Waals surface area contributed by atoms with Gasteiger partial charge in [-0.3, -0.25) is 0 Å². The maximum atomic E-state index is 5.67. The summed E-state index contributed by atoms with van der Waals surface area (Å²) >= 11 is 0. The van der Waals surface area contributed by atoms with E-state index in [1.165, 1.54) is 0 Å². The van der Waals surface area contributed by atoms with E-state index in [9.17, 15) is 0 Å². The van der Waals surface area contributed by atoms with Gasteiger partial charge in [0, 0.05) is 37.6 Å². The number of anilines is 1. The first kappa shape index (κ1) is 11.3. The minimum absolute atomic E-state index is 0.224. The van der Waals surface area contributed by atoms with Gasteiger partial charge in [0.2, 0.25) is 5.95 Å². The molecular formula is C11H18N4O. The summed E-state index contributed by atoms with van der Waals surface area (Å²) in [5.74, 6) is 0.763. The van der Waals surface area contributed by atoms with Crippen molar-refractivity contribution in [2.24, 2.45) is 5.73 Å². The Morgan fingerprint density at radius 1 is 1.31 bits per heavy atom. The number of hydrogen-bond donors (Lipinski definition) is 1. The van der Waals surface area contributed by atoms with Gasteiger partial charge in [0.25, 0.3) is 0 Å². The molecule has 1 fully saturated rings. The van der Waals surface area contributed by atoms with Crippen LogP contribution in [0.1, 0.15) is 19.4 Å².